The number of aliphatic hydroxyl groups is 1. The highest BCUT2D eigenvalue weighted by Crippen LogP contribution is 2.24. The van der Waals surface area contributed by atoms with E-state index in [0.717, 1.165) is 16.2 Å². The lowest BCUT2D eigenvalue weighted by molar-refractivity contribution is -0.897. The minimum atomic E-state index is -0.543. The lowest BCUT2D eigenvalue weighted by Gasteiger charge is -2.19. The average molecular weight is 341 g/mol. The highest BCUT2D eigenvalue weighted by Gasteiger charge is 2.15. The standard InChI is InChI=1S/C17H19Cl2NO2/c1-20(10-13-6-5-9-16(18)17(13)19)11-14(21)12-22-15-7-3-2-4-8-15/h2-9,14,21H,10-12H2,1H3/p+1/t14-/m1/s1. The molecule has 22 heavy (non-hydrogen) atoms. The Hall–Kier alpha value is -1.26. The van der Waals surface area contributed by atoms with E-state index >= 15 is 0 Å². The van der Waals surface area contributed by atoms with E-state index in [-0.39, 0.29) is 6.61 Å². The second kappa shape index (κ2) is 8.39. The molecule has 2 aromatic rings. The molecule has 0 aliphatic carbocycles. The van der Waals surface area contributed by atoms with Crippen molar-refractivity contribution in [2.45, 2.75) is 12.6 Å². The molecular formula is C17H20Cl2NO2+. The van der Waals surface area contributed by atoms with Crippen LogP contribution in [-0.2, 0) is 6.54 Å². The Labute approximate surface area is 141 Å². The predicted octanol–water partition coefficient (Wildman–Crippen LogP) is 2.45. The number of aliphatic hydroxyl groups excluding tert-OH is 1. The van der Waals surface area contributed by atoms with Gasteiger partial charge in [0, 0.05) is 5.56 Å². The molecule has 0 bridgehead atoms. The Morgan fingerprint density at radius 3 is 2.55 bits per heavy atom. The summed E-state index contributed by atoms with van der Waals surface area (Å²) in [6.07, 6.45) is -0.543. The van der Waals surface area contributed by atoms with Gasteiger partial charge in [-0.25, -0.2) is 0 Å². The molecule has 0 saturated heterocycles. The van der Waals surface area contributed by atoms with Gasteiger partial charge in [0.2, 0.25) is 0 Å². The van der Waals surface area contributed by atoms with Crippen molar-refractivity contribution in [2.24, 2.45) is 0 Å². The lowest BCUT2D eigenvalue weighted by Crippen LogP contribution is -3.09. The number of benzene rings is 2. The minimum Gasteiger partial charge on any atom is -0.491 e. The molecule has 1 unspecified atom stereocenters. The van der Waals surface area contributed by atoms with E-state index in [1.165, 1.54) is 0 Å². The predicted molar refractivity (Wildman–Crippen MR) is 89.9 cm³/mol. The first kappa shape index (κ1) is 17.1. The van der Waals surface area contributed by atoms with Crippen LogP contribution in [0.3, 0.4) is 0 Å². The molecule has 0 aromatic heterocycles. The SMILES string of the molecule is C[NH+](Cc1cccc(Cl)c1Cl)C[C@@H](O)COc1ccccc1. The molecule has 0 radical (unpaired) electrons. The van der Waals surface area contributed by atoms with Gasteiger partial charge in [0.05, 0.1) is 17.1 Å². The average Bonchev–Trinajstić information content (AvgIpc) is 2.51. The summed E-state index contributed by atoms with van der Waals surface area (Å²) in [4.78, 5) is 1.13. The second-order valence-corrected chi connectivity index (χ2v) is 6.11. The third-order valence-corrected chi connectivity index (χ3v) is 4.15. The van der Waals surface area contributed by atoms with Crippen LogP contribution in [0.25, 0.3) is 0 Å². The molecule has 0 spiro atoms. The molecule has 0 aliphatic heterocycles. The molecule has 118 valence electrons. The summed E-state index contributed by atoms with van der Waals surface area (Å²) in [5, 5.41) is 11.2. The van der Waals surface area contributed by atoms with Crippen molar-refractivity contribution in [1.82, 2.24) is 0 Å². The van der Waals surface area contributed by atoms with E-state index in [2.05, 4.69) is 0 Å². The Morgan fingerprint density at radius 2 is 1.82 bits per heavy atom. The molecule has 0 fully saturated rings. The Morgan fingerprint density at radius 1 is 1.09 bits per heavy atom. The maximum absolute atomic E-state index is 10.1. The number of quaternary nitrogens is 1. The van der Waals surface area contributed by atoms with Crippen LogP contribution >= 0.6 is 23.2 Å². The highest BCUT2D eigenvalue weighted by molar-refractivity contribution is 6.42. The van der Waals surface area contributed by atoms with Crippen molar-refractivity contribution in [1.29, 1.82) is 0 Å². The van der Waals surface area contributed by atoms with E-state index in [0.29, 0.717) is 23.1 Å². The van der Waals surface area contributed by atoms with Gasteiger partial charge in [-0.3, -0.25) is 0 Å². The summed E-state index contributed by atoms with van der Waals surface area (Å²) in [5.74, 6) is 0.761. The van der Waals surface area contributed by atoms with Crippen molar-refractivity contribution in [2.75, 3.05) is 20.2 Å². The van der Waals surface area contributed by atoms with Gasteiger partial charge in [-0.15, -0.1) is 0 Å². The van der Waals surface area contributed by atoms with Gasteiger partial charge in [-0.2, -0.15) is 0 Å². The first-order chi connectivity index (χ1) is 10.6. The summed E-state index contributed by atoms with van der Waals surface area (Å²) in [6, 6.07) is 15.1. The maximum atomic E-state index is 10.1. The molecule has 2 rings (SSSR count). The summed E-state index contributed by atoms with van der Waals surface area (Å²) in [5.41, 5.74) is 0.975. The van der Waals surface area contributed by atoms with Crippen LogP contribution in [0.4, 0.5) is 0 Å². The van der Waals surface area contributed by atoms with Crippen molar-refractivity contribution in [3.63, 3.8) is 0 Å². The Bertz CT molecular complexity index is 592. The number of para-hydroxylation sites is 1. The largest absolute Gasteiger partial charge is 0.491 e. The fourth-order valence-electron chi connectivity index (χ4n) is 2.25. The molecule has 0 saturated carbocycles. The number of likely N-dealkylation sites (N-methyl/N-ethyl adjacent to an activating group) is 1. The van der Waals surface area contributed by atoms with Gasteiger partial charge in [-0.05, 0) is 18.2 Å². The molecule has 0 amide bonds. The molecule has 5 heteroatoms. The fourth-order valence-corrected chi connectivity index (χ4v) is 2.64. The number of nitrogens with one attached hydrogen (secondary N) is 1. The van der Waals surface area contributed by atoms with Crippen molar-refractivity contribution >= 4 is 23.2 Å². The van der Waals surface area contributed by atoms with Crippen molar-refractivity contribution in [3.05, 3.63) is 64.1 Å². The topological polar surface area (TPSA) is 33.9 Å². The number of ether oxygens (including phenoxy) is 1. The quantitative estimate of drug-likeness (QED) is 0.811. The zero-order valence-electron chi connectivity index (χ0n) is 12.4. The number of rotatable bonds is 7. The molecular weight excluding hydrogens is 321 g/mol. The molecule has 3 nitrogen and oxygen atoms in total. The van der Waals surface area contributed by atoms with E-state index in [1.54, 1.807) is 6.07 Å². The maximum Gasteiger partial charge on any atom is 0.137 e. The number of hydrogen-bond acceptors (Lipinski definition) is 2. The van der Waals surface area contributed by atoms with Gasteiger partial charge in [0.15, 0.2) is 0 Å². The van der Waals surface area contributed by atoms with Gasteiger partial charge < -0.3 is 14.7 Å². The first-order valence-electron chi connectivity index (χ1n) is 7.16. The lowest BCUT2D eigenvalue weighted by atomic mass is 10.2. The third kappa shape index (κ3) is 5.18. The third-order valence-electron chi connectivity index (χ3n) is 3.29. The fraction of sp³-hybridized carbons (Fsp3) is 0.294. The van der Waals surface area contributed by atoms with Gasteiger partial charge in [-0.1, -0.05) is 53.5 Å². The number of halogens is 2. The molecule has 2 N–H and O–H groups in total. The van der Waals surface area contributed by atoms with E-state index in [4.69, 9.17) is 27.9 Å². The van der Waals surface area contributed by atoms with Crippen LogP contribution in [0.2, 0.25) is 10.0 Å². The Kier molecular flexibility index (Phi) is 6.52. The molecule has 0 aliphatic rings. The van der Waals surface area contributed by atoms with Gasteiger partial charge >= 0.3 is 0 Å². The van der Waals surface area contributed by atoms with Crippen LogP contribution in [0, 0.1) is 0 Å². The highest BCUT2D eigenvalue weighted by atomic mass is 35.5. The van der Waals surface area contributed by atoms with Gasteiger partial charge in [0.1, 0.15) is 31.5 Å². The normalized spacial score (nSPS) is 13.6. The minimum absolute atomic E-state index is 0.268. The molecule has 2 atom stereocenters. The zero-order chi connectivity index (χ0) is 15.9. The van der Waals surface area contributed by atoms with Crippen LogP contribution < -0.4 is 9.64 Å². The second-order valence-electron chi connectivity index (χ2n) is 5.33. The van der Waals surface area contributed by atoms with Crippen LogP contribution in [0.1, 0.15) is 5.56 Å². The smallest absolute Gasteiger partial charge is 0.137 e. The van der Waals surface area contributed by atoms with E-state index < -0.39 is 6.10 Å². The van der Waals surface area contributed by atoms with Crippen LogP contribution in [-0.4, -0.2) is 31.4 Å². The summed E-state index contributed by atoms with van der Waals surface area (Å²) in [6.45, 7) is 1.53. The van der Waals surface area contributed by atoms with Gasteiger partial charge in [0.25, 0.3) is 0 Å². The molecule has 0 heterocycles. The van der Waals surface area contributed by atoms with Crippen molar-refractivity contribution in [3.8, 4) is 5.75 Å². The monoisotopic (exact) mass is 340 g/mol. The Balaban J connectivity index is 1.81. The summed E-state index contributed by atoms with van der Waals surface area (Å²) in [7, 11) is 2.00. The van der Waals surface area contributed by atoms with Crippen LogP contribution in [0.5, 0.6) is 5.75 Å². The van der Waals surface area contributed by atoms with E-state index in [1.807, 2.05) is 49.5 Å². The summed E-state index contributed by atoms with van der Waals surface area (Å²) >= 11 is 12.2. The zero-order valence-corrected chi connectivity index (χ0v) is 13.9. The van der Waals surface area contributed by atoms with Crippen molar-refractivity contribution < 1.29 is 14.7 Å². The number of hydrogen-bond donors (Lipinski definition) is 2. The molecule has 2 aromatic carbocycles. The van der Waals surface area contributed by atoms with E-state index in [9.17, 15) is 5.11 Å². The first-order valence-corrected chi connectivity index (χ1v) is 7.92. The van der Waals surface area contributed by atoms with Crippen LogP contribution in [0.15, 0.2) is 48.5 Å². The summed E-state index contributed by atoms with van der Waals surface area (Å²) < 4.78 is 5.55.